The maximum Gasteiger partial charge on any atom is 0.322 e. The molecule has 0 radical (unpaired) electrons. The molecule has 0 aliphatic carbocycles. The zero-order valence-corrected chi connectivity index (χ0v) is 14.5. The van der Waals surface area contributed by atoms with Crippen LogP contribution in [0, 0.1) is 0 Å². The van der Waals surface area contributed by atoms with Crippen LogP contribution < -0.4 is 5.32 Å². The summed E-state index contributed by atoms with van der Waals surface area (Å²) in [4.78, 5) is 17.0. The van der Waals surface area contributed by atoms with Gasteiger partial charge in [0.1, 0.15) is 5.76 Å². The van der Waals surface area contributed by atoms with E-state index < -0.39 is 0 Å². The first-order valence-electron chi connectivity index (χ1n) is 8.16. The summed E-state index contributed by atoms with van der Waals surface area (Å²) in [5.74, 6) is 0.787. The Bertz CT molecular complexity index is 667. The van der Waals surface area contributed by atoms with E-state index in [2.05, 4.69) is 17.3 Å². The molecule has 128 valence electrons. The highest BCUT2D eigenvalue weighted by Gasteiger charge is 2.27. The van der Waals surface area contributed by atoms with Crippen molar-refractivity contribution in [2.24, 2.45) is 0 Å². The fraction of sp³-hybridized carbons (Fsp3) is 0.389. The minimum Gasteiger partial charge on any atom is -0.467 e. The molecule has 1 aromatic carbocycles. The molecule has 0 saturated carbocycles. The number of halogens is 1. The highest BCUT2D eigenvalue weighted by atomic mass is 35.5. The van der Waals surface area contributed by atoms with Crippen molar-refractivity contribution in [2.45, 2.75) is 25.4 Å². The van der Waals surface area contributed by atoms with Crippen LogP contribution in [0.25, 0.3) is 0 Å². The molecule has 1 saturated heterocycles. The van der Waals surface area contributed by atoms with Gasteiger partial charge in [0.25, 0.3) is 0 Å². The Balaban J connectivity index is 1.74. The number of urea groups is 1. The topological polar surface area (TPSA) is 48.7 Å². The van der Waals surface area contributed by atoms with Crippen LogP contribution in [0.1, 0.15) is 18.6 Å². The second kappa shape index (κ2) is 7.73. The Hall–Kier alpha value is -1.98. The lowest BCUT2D eigenvalue weighted by Crippen LogP contribution is -2.47. The number of furan rings is 1. The first-order chi connectivity index (χ1) is 11.6. The molecule has 0 spiro atoms. The molecule has 1 aliphatic rings. The van der Waals surface area contributed by atoms with E-state index in [1.54, 1.807) is 18.4 Å². The standard InChI is InChI=1S/C18H22ClN3O2/c1-21-9-7-16(8-10-21)22(13-17-6-3-11-24-17)18(23)20-15-5-2-4-14(19)12-15/h2-6,11-12,16H,7-10,13H2,1H3,(H,20,23). The van der Waals surface area contributed by atoms with E-state index in [0.717, 1.165) is 31.7 Å². The van der Waals surface area contributed by atoms with Crippen molar-refractivity contribution < 1.29 is 9.21 Å². The van der Waals surface area contributed by atoms with E-state index in [1.165, 1.54) is 0 Å². The van der Waals surface area contributed by atoms with E-state index in [4.69, 9.17) is 16.0 Å². The summed E-state index contributed by atoms with van der Waals surface area (Å²) in [6.07, 6.45) is 3.55. The number of benzene rings is 1. The number of carbonyl (C=O) groups is 1. The Morgan fingerprint density at radius 1 is 1.33 bits per heavy atom. The molecule has 5 nitrogen and oxygen atoms in total. The molecule has 2 aromatic rings. The largest absolute Gasteiger partial charge is 0.467 e. The van der Waals surface area contributed by atoms with Gasteiger partial charge < -0.3 is 19.5 Å². The van der Waals surface area contributed by atoms with Gasteiger partial charge in [-0.3, -0.25) is 0 Å². The summed E-state index contributed by atoms with van der Waals surface area (Å²) in [6.45, 7) is 2.45. The predicted octanol–water partition coefficient (Wildman–Crippen LogP) is 4.06. The fourth-order valence-corrected chi connectivity index (χ4v) is 3.20. The van der Waals surface area contributed by atoms with Gasteiger partial charge in [0.05, 0.1) is 12.8 Å². The zero-order valence-electron chi connectivity index (χ0n) is 13.7. The number of carbonyl (C=O) groups excluding carboxylic acids is 1. The molecule has 6 heteroatoms. The SMILES string of the molecule is CN1CCC(N(Cc2ccco2)C(=O)Nc2cccc(Cl)c2)CC1. The van der Waals surface area contributed by atoms with Crippen LogP contribution in [0.15, 0.2) is 47.1 Å². The summed E-state index contributed by atoms with van der Waals surface area (Å²) in [6, 6.07) is 11.0. The Kier molecular flexibility index (Phi) is 5.43. The van der Waals surface area contributed by atoms with Gasteiger partial charge in [0, 0.05) is 16.8 Å². The summed E-state index contributed by atoms with van der Waals surface area (Å²) >= 11 is 6.00. The molecule has 0 atom stereocenters. The van der Waals surface area contributed by atoms with Gasteiger partial charge in [-0.1, -0.05) is 17.7 Å². The second-order valence-corrected chi connectivity index (χ2v) is 6.62. The molecule has 2 amide bonds. The van der Waals surface area contributed by atoms with Crippen molar-refractivity contribution in [1.82, 2.24) is 9.80 Å². The quantitative estimate of drug-likeness (QED) is 0.907. The van der Waals surface area contributed by atoms with Crippen molar-refractivity contribution in [3.05, 3.63) is 53.4 Å². The third kappa shape index (κ3) is 4.30. The molecule has 1 fully saturated rings. The van der Waals surface area contributed by atoms with Gasteiger partial charge >= 0.3 is 6.03 Å². The van der Waals surface area contributed by atoms with Gasteiger partial charge in [-0.15, -0.1) is 0 Å². The summed E-state index contributed by atoms with van der Waals surface area (Å²) in [5.41, 5.74) is 0.699. The van der Waals surface area contributed by atoms with Crippen molar-refractivity contribution in [3.8, 4) is 0 Å². The van der Waals surface area contributed by atoms with Crippen LogP contribution in [-0.4, -0.2) is 42.0 Å². The van der Waals surface area contributed by atoms with E-state index in [9.17, 15) is 4.79 Å². The molecule has 3 rings (SSSR count). The van der Waals surface area contributed by atoms with Gasteiger partial charge in [0.2, 0.25) is 0 Å². The normalized spacial score (nSPS) is 16.1. The predicted molar refractivity (Wildman–Crippen MR) is 95.2 cm³/mol. The van der Waals surface area contributed by atoms with Crippen molar-refractivity contribution in [2.75, 3.05) is 25.5 Å². The van der Waals surface area contributed by atoms with Crippen molar-refractivity contribution in [3.63, 3.8) is 0 Å². The molecule has 0 bridgehead atoms. The lowest BCUT2D eigenvalue weighted by Gasteiger charge is -2.36. The minimum atomic E-state index is -0.122. The van der Waals surface area contributed by atoms with Crippen LogP contribution in [-0.2, 0) is 6.54 Å². The van der Waals surface area contributed by atoms with Gasteiger partial charge in [0.15, 0.2) is 0 Å². The third-order valence-electron chi connectivity index (χ3n) is 4.37. The first kappa shape index (κ1) is 16.9. The minimum absolute atomic E-state index is 0.122. The highest BCUT2D eigenvalue weighted by Crippen LogP contribution is 2.21. The summed E-state index contributed by atoms with van der Waals surface area (Å²) in [5, 5.41) is 3.55. The molecule has 1 aromatic heterocycles. The summed E-state index contributed by atoms with van der Waals surface area (Å²) < 4.78 is 5.44. The van der Waals surface area contributed by atoms with E-state index >= 15 is 0 Å². The fourth-order valence-electron chi connectivity index (χ4n) is 3.01. The number of hydrogen-bond donors (Lipinski definition) is 1. The lowest BCUT2D eigenvalue weighted by molar-refractivity contribution is 0.130. The second-order valence-electron chi connectivity index (χ2n) is 6.18. The van der Waals surface area contributed by atoms with Crippen molar-refractivity contribution in [1.29, 1.82) is 0 Å². The maximum atomic E-state index is 12.8. The smallest absolute Gasteiger partial charge is 0.322 e. The molecule has 24 heavy (non-hydrogen) atoms. The van der Waals surface area contributed by atoms with Crippen LogP contribution in [0.4, 0.5) is 10.5 Å². The lowest BCUT2D eigenvalue weighted by atomic mass is 10.0. The average Bonchev–Trinajstić information content (AvgIpc) is 3.07. The van der Waals surface area contributed by atoms with Crippen LogP contribution >= 0.6 is 11.6 Å². The van der Waals surface area contributed by atoms with Crippen LogP contribution in [0.3, 0.4) is 0 Å². The number of nitrogens with zero attached hydrogens (tertiary/aromatic N) is 2. The monoisotopic (exact) mass is 347 g/mol. The van der Waals surface area contributed by atoms with E-state index in [0.29, 0.717) is 17.3 Å². The van der Waals surface area contributed by atoms with Gasteiger partial charge in [-0.2, -0.15) is 0 Å². The number of rotatable bonds is 4. The van der Waals surface area contributed by atoms with Crippen molar-refractivity contribution >= 4 is 23.3 Å². The van der Waals surface area contributed by atoms with Gasteiger partial charge in [-0.25, -0.2) is 4.79 Å². The Morgan fingerprint density at radius 3 is 2.79 bits per heavy atom. The Labute approximate surface area is 147 Å². The first-order valence-corrected chi connectivity index (χ1v) is 8.54. The molecular formula is C18H22ClN3O2. The number of likely N-dealkylation sites (tertiary alicyclic amines) is 1. The third-order valence-corrected chi connectivity index (χ3v) is 4.61. The molecule has 2 heterocycles. The molecule has 0 unspecified atom stereocenters. The Morgan fingerprint density at radius 2 is 2.12 bits per heavy atom. The molecule has 1 aliphatic heterocycles. The number of nitrogens with one attached hydrogen (secondary N) is 1. The maximum absolute atomic E-state index is 12.8. The molecular weight excluding hydrogens is 326 g/mol. The highest BCUT2D eigenvalue weighted by molar-refractivity contribution is 6.30. The van der Waals surface area contributed by atoms with Crippen LogP contribution in [0.2, 0.25) is 5.02 Å². The molecule has 1 N–H and O–H groups in total. The number of amides is 2. The van der Waals surface area contributed by atoms with E-state index in [-0.39, 0.29) is 12.1 Å². The average molecular weight is 348 g/mol. The van der Waals surface area contributed by atoms with Crippen LogP contribution in [0.5, 0.6) is 0 Å². The number of piperidine rings is 1. The summed E-state index contributed by atoms with van der Waals surface area (Å²) in [7, 11) is 2.11. The van der Waals surface area contributed by atoms with E-state index in [1.807, 2.05) is 29.2 Å². The van der Waals surface area contributed by atoms with Gasteiger partial charge in [-0.05, 0) is 63.3 Å². The number of anilines is 1. The number of hydrogen-bond acceptors (Lipinski definition) is 3. The zero-order chi connectivity index (χ0) is 16.9.